The first kappa shape index (κ1) is 19.1. The van der Waals surface area contributed by atoms with Crippen molar-refractivity contribution >= 4 is 23.2 Å². The summed E-state index contributed by atoms with van der Waals surface area (Å²) >= 11 is 1.60. The summed E-state index contributed by atoms with van der Waals surface area (Å²) in [4.78, 5) is 28.4. The number of hydrogen-bond donors (Lipinski definition) is 2. The van der Waals surface area contributed by atoms with Gasteiger partial charge in [0.25, 0.3) is 0 Å². The van der Waals surface area contributed by atoms with Crippen LogP contribution in [-0.2, 0) is 21.4 Å². The zero-order valence-corrected chi connectivity index (χ0v) is 15.4. The Kier molecular flexibility index (Phi) is 6.70. The summed E-state index contributed by atoms with van der Waals surface area (Å²) in [6, 6.07) is 9.09. The van der Waals surface area contributed by atoms with Gasteiger partial charge in [0.1, 0.15) is 5.41 Å². The van der Waals surface area contributed by atoms with Crippen molar-refractivity contribution in [1.82, 2.24) is 10.3 Å². The van der Waals surface area contributed by atoms with Crippen LogP contribution >= 0.6 is 11.3 Å². The molecule has 0 spiro atoms. The van der Waals surface area contributed by atoms with E-state index in [-0.39, 0.29) is 12.5 Å². The largest absolute Gasteiger partial charge is 0.481 e. The van der Waals surface area contributed by atoms with E-state index in [2.05, 4.69) is 10.3 Å². The molecule has 2 N–H and O–H groups in total. The molecule has 2 rings (SSSR count). The monoisotopic (exact) mass is 360 g/mol. The average Bonchev–Trinajstić information content (AvgIpc) is 3.02. The van der Waals surface area contributed by atoms with Gasteiger partial charge in [-0.05, 0) is 31.7 Å². The van der Waals surface area contributed by atoms with E-state index in [9.17, 15) is 14.7 Å². The third-order valence-electron chi connectivity index (χ3n) is 4.43. The number of carboxylic acid groups (broad SMARTS) is 1. The molecule has 0 fully saturated rings. The summed E-state index contributed by atoms with van der Waals surface area (Å²) in [5.41, 5.74) is 0.624. The van der Waals surface area contributed by atoms with E-state index < -0.39 is 11.4 Å². The number of nitrogens with one attached hydrogen (secondary N) is 1. The predicted molar refractivity (Wildman–Crippen MR) is 98.8 cm³/mol. The standard InChI is InChI=1S/C19H24N2O3S/c1-3-19(18(23)24,15-8-5-4-6-9-15)13-20-17(22)11-7-10-16-12-25-14(2)21-16/h4-6,8-9,12H,3,7,10-11,13H2,1-2H3,(H,20,22)(H,23,24). The minimum atomic E-state index is -1.09. The third kappa shape index (κ3) is 4.89. The van der Waals surface area contributed by atoms with Gasteiger partial charge in [0, 0.05) is 18.3 Å². The van der Waals surface area contributed by atoms with Crippen molar-refractivity contribution < 1.29 is 14.7 Å². The number of carboxylic acids is 1. The number of thiazole rings is 1. The van der Waals surface area contributed by atoms with Crippen LogP contribution in [0.3, 0.4) is 0 Å². The van der Waals surface area contributed by atoms with Crippen molar-refractivity contribution in [2.24, 2.45) is 0 Å². The van der Waals surface area contributed by atoms with Crippen LogP contribution in [-0.4, -0.2) is 28.5 Å². The minimum Gasteiger partial charge on any atom is -0.481 e. The predicted octanol–water partition coefficient (Wildman–Crippen LogP) is 3.32. The molecule has 134 valence electrons. The first-order valence-electron chi connectivity index (χ1n) is 8.44. The number of aryl methyl sites for hydroxylation is 2. The molecule has 0 aliphatic heterocycles. The summed E-state index contributed by atoms with van der Waals surface area (Å²) in [6.45, 7) is 3.88. The molecule has 0 aliphatic rings. The molecular formula is C19H24N2O3S. The fourth-order valence-corrected chi connectivity index (χ4v) is 3.48. The Morgan fingerprint density at radius 2 is 2.00 bits per heavy atom. The lowest BCUT2D eigenvalue weighted by molar-refractivity contribution is -0.144. The van der Waals surface area contributed by atoms with Crippen LogP contribution in [0, 0.1) is 6.92 Å². The Bertz CT molecular complexity index is 714. The number of carbonyl (C=O) groups is 2. The van der Waals surface area contributed by atoms with Crippen molar-refractivity contribution in [3.05, 3.63) is 52.0 Å². The summed E-state index contributed by atoms with van der Waals surface area (Å²) in [5, 5.41) is 15.6. The maximum atomic E-state index is 12.1. The molecule has 0 radical (unpaired) electrons. The lowest BCUT2D eigenvalue weighted by Crippen LogP contribution is -2.46. The zero-order chi connectivity index (χ0) is 18.3. The molecule has 0 bridgehead atoms. The molecule has 1 atom stereocenters. The SMILES string of the molecule is CCC(CNC(=O)CCCc1csc(C)n1)(C(=O)O)c1ccccc1. The van der Waals surface area contributed by atoms with Crippen LogP contribution in [0.25, 0.3) is 0 Å². The van der Waals surface area contributed by atoms with Crippen LogP contribution < -0.4 is 5.32 Å². The fraction of sp³-hybridized carbons (Fsp3) is 0.421. The van der Waals surface area contributed by atoms with Gasteiger partial charge in [-0.25, -0.2) is 4.98 Å². The maximum Gasteiger partial charge on any atom is 0.315 e. The highest BCUT2D eigenvalue weighted by molar-refractivity contribution is 7.09. The number of rotatable bonds is 9. The molecule has 1 heterocycles. The topological polar surface area (TPSA) is 79.3 Å². The summed E-state index contributed by atoms with van der Waals surface area (Å²) < 4.78 is 0. The fourth-order valence-electron chi connectivity index (χ4n) is 2.83. The van der Waals surface area contributed by atoms with Gasteiger partial charge in [-0.3, -0.25) is 9.59 Å². The second-order valence-corrected chi connectivity index (χ2v) is 7.16. The Hall–Kier alpha value is -2.21. The van der Waals surface area contributed by atoms with E-state index in [4.69, 9.17) is 0 Å². The lowest BCUT2D eigenvalue weighted by atomic mass is 9.78. The van der Waals surface area contributed by atoms with Crippen LogP contribution in [0.5, 0.6) is 0 Å². The molecule has 5 nitrogen and oxygen atoms in total. The van der Waals surface area contributed by atoms with Gasteiger partial charge >= 0.3 is 5.97 Å². The smallest absolute Gasteiger partial charge is 0.315 e. The van der Waals surface area contributed by atoms with Gasteiger partial charge in [0.15, 0.2) is 0 Å². The van der Waals surface area contributed by atoms with Crippen LogP contribution in [0.1, 0.15) is 42.5 Å². The number of benzene rings is 1. The van der Waals surface area contributed by atoms with E-state index >= 15 is 0 Å². The maximum absolute atomic E-state index is 12.1. The highest BCUT2D eigenvalue weighted by atomic mass is 32.1. The molecule has 1 aromatic carbocycles. The quantitative estimate of drug-likeness (QED) is 0.719. The number of carbonyl (C=O) groups excluding carboxylic acids is 1. The molecule has 25 heavy (non-hydrogen) atoms. The van der Waals surface area contributed by atoms with E-state index in [1.807, 2.05) is 37.4 Å². The lowest BCUT2D eigenvalue weighted by Gasteiger charge is -2.29. The first-order chi connectivity index (χ1) is 12.0. The second-order valence-electron chi connectivity index (χ2n) is 6.09. The molecule has 2 aromatic rings. The molecule has 0 aliphatic carbocycles. The average molecular weight is 360 g/mol. The number of aromatic nitrogens is 1. The summed E-state index contributed by atoms with van der Waals surface area (Å²) in [7, 11) is 0. The van der Waals surface area contributed by atoms with Gasteiger partial charge in [-0.1, -0.05) is 37.3 Å². The minimum absolute atomic E-state index is 0.0947. The van der Waals surface area contributed by atoms with Gasteiger partial charge in [0.05, 0.1) is 10.7 Å². The molecule has 6 heteroatoms. The normalized spacial score (nSPS) is 13.2. The number of aliphatic carboxylic acids is 1. The molecule has 0 saturated carbocycles. The van der Waals surface area contributed by atoms with Crippen molar-refractivity contribution in [3.63, 3.8) is 0 Å². The number of nitrogens with zero attached hydrogens (tertiary/aromatic N) is 1. The second kappa shape index (κ2) is 8.76. The van der Waals surface area contributed by atoms with Crippen LogP contribution in [0.2, 0.25) is 0 Å². The Morgan fingerprint density at radius 1 is 1.28 bits per heavy atom. The number of amides is 1. The van der Waals surface area contributed by atoms with Crippen LogP contribution in [0.15, 0.2) is 35.7 Å². The van der Waals surface area contributed by atoms with Crippen molar-refractivity contribution in [2.75, 3.05) is 6.54 Å². The van der Waals surface area contributed by atoms with Crippen molar-refractivity contribution in [2.45, 2.75) is 44.9 Å². The van der Waals surface area contributed by atoms with Crippen molar-refractivity contribution in [1.29, 1.82) is 0 Å². The third-order valence-corrected chi connectivity index (χ3v) is 5.25. The van der Waals surface area contributed by atoms with Gasteiger partial charge in [-0.15, -0.1) is 11.3 Å². The molecule has 1 amide bonds. The van der Waals surface area contributed by atoms with Crippen molar-refractivity contribution in [3.8, 4) is 0 Å². The Labute approximate surface area is 152 Å². The molecule has 1 unspecified atom stereocenters. The van der Waals surface area contributed by atoms with Crippen LogP contribution in [0.4, 0.5) is 0 Å². The van der Waals surface area contributed by atoms with Gasteiger partial charge in [0.2, 0.25) is 5.91 Å². The van der Waals surface area contributed by atoms with Gasteiger partial charge in [-0.2, -0.15) is 0 Å². The molecular weight excluding hydrogens is 336 g/mol. The number of hydrogen-bond acceptors (Lipinski definition) is 4. The summed E-state index contributed by atoms with van der Waals surface area (Å²) in [5.74, 6) is -1.04. The highest BCUT2D eigenvalue weighted by Crippen LogP contribution is 2.27. The van der Waals surface area contributed by atoms with E-state index in [1.54, 1.807) is 23.5 Å². The highest BCUT2D eigenvalue weighted by Gasteiger charge is 2.38. The molecule has 0 saturated heterocycles. The zero-order valence-electron chi connectivity index (χ0n) is 14.6. The summed E-state index contributed by atoms with van der Waals surface area (Å²) in [6.07, 6.45) is 2.23. The first-order valence-corrected chi connectivity index (χ1v) is 9.32. The van der Waals surface area contributed by atoms with E-state index in [0.29, 0.717) is 24.8 Å². The van der Waals surface area contributed by atoms with Gasteiger partial charge < -0.3 is 10.4 Å². The Morgan fingerprint density at radius 3 is 2.56 bits per heavy atom. The van der Waals surface area contributed by atoms with E-state index in [1.165, 1.54) is 0 Å². The molecule has 1 aromatic heterocycles. The van der Waals surface area contributed by atoms with E-state index in [0.717, 1.165) is 17.1 Å². The Balaban J connectivity index is 1.91.